The standard InChI is InChI=1S/C25H27N5O6S2/c26-23(27)18-4-3-5-20(16-18)30-25(12-14-37(32,33)15-13-25)36-24(31)29-19-10-8-17(9-11-19)21-6-1-2-7-22(21)38(28,34)35/h1-11,16,30H,12-15H2,(H3,26,27)(H,29,31)(H2,28,34,35). The van der Waals surface area contributed by atoms with Crippen molar-refractivity contribution in [3.05, 3.63) is 78.4 Å². The number of anilines is 2. The average molecular weight is 558 g/mol. The van der Waals surface area contributed by atoms with Crippen LogP contribution in [-0.2, 0) is 24.6 Å². The van der Waals surface area contributed by atoms with Crippen LogP contribution in [-0.4, -0.2) is 46.0 Å². The third kappa shape index (κ3) is 6.49. The largest absolute Gasteiger partial charge is 0.423 e. The van der Waals surface area contributed by atoms with Crippen LogP contribution in [0, 0.1) is 5.41 Å². The van der Waals surface area contributed by atoms with Crippen molar-refractivity contribution in [2.45, 2.75) is 23.5 Å². The topological polar surface area (TPSA) is 195 Å². The molecule has 1 amide bonds. The van der Waals surface area contributed by atoms with E-state index in [1.54, 1.807) is 66.7 Å². The van der Waals surface area contributed by atoms with Gasteiger partial charge in [0.1, 0.15) is 5.84 Å². The molecule has 1 heterocycles. The van der Waals surface area contributed by atoms with Gasteiger partial charge >= 0.3 is 6.09 Å². The number of carbonyl (C=O) groups is 1. The number of amides is 1. The number of benzene rings is 3. The maximum Gasteiger partial charge on any atom is 0.413 e. The van der Waals surface area contributed by atoms with Crippen molar-refractivity contribution < 1.29 is 26.4 Å². The Bertz CT molecular complexity index is 1570. The number of hydrogen-bond donors (Lipinski definition) is 5. The van der Waals surface area contributed by atoms with Crippen LogP contribution < -0.4 is 21.5 Å². The fourth-order valence-electron chi connectivity index (χ4n) is 4.16. The molecule has 0 atom stereocenters. The van der Waals surface area contributed by atoms with Crippen molar-refractivity contribution in [2.24, 2.45) is 10.9 Å². The number of nitrogen functional groups attached to an aromatic ring is 1. The Labute approximate surface area is 220 Å². The number of nitrogens with two attached hydrogens (primary N) is 2. The number of ether oxygens (including phenoxy) is 1. The fourth-order valence-corrected chi connectivity index (χ4v) is 6.40. The van der Waals surface area contributed by atoms with E-state index in [1.807, 2.05) is 0 Å². The summed E-state index contributed by atoms with van der Waals surface area (Å²) >= 11 is 0. The minimum atomic E-state index is -3.93. The summed E-state index contributed by atoms with van der Waals surface area (Å²) in [5.41, 5.74) is 6.62. The van der Waals surface area contributed by atoms with E-state index in [2.05, 4.69) is 10.6 Å². The first-order valence-electron chi connectivity index (χ1n) is 11.5. The number of rotatable bonds is 7. The molecule has 0 aromatic heterocycles. The molecule has 0 saturated carbocycles. The second-order valence-corrected chi connectivity index (χ2v) is 12.7. The summed E-state index contributed by atoms with van der Waals surface area (Å²) in [6.45, 7) is 0. The second-order valence-electron chi connectivity index (χ2n) is 8.90. The van der Waals surface area contributed by atoms with Crippen LogP contribution in [0.4, 0.5) is 16.2 Å². The van der Waals surface area contributed by atoms with Gasteiger partial charge in [0.25, 0.3) is 0 Å². The second kappa shape index (κ2) is 10.4. The average Bonchev–Trinajstić information content (AvgIpc) is 2.86. The minimum Gasteiger partial charge on any atom is -0.423 e. The van der Waals surface area contributed by atoms with Crippen LogP contribution in [0.1, 0.15) is 18.4 Å². The molecule has 200 valence electrons. The molecule has 1 aliphatic rings. The zero-order valence-electron chi connectivity index (χ0n) is 20.2. The van der Waals surface area contributed by atoms with E-state index in [0.717, 1.165) is 0 Å². The third-order valence-corrected chi connectivity index (χ3v) is 8.72. The maximum atomic E-state index is 12.9. The van der Waals surface area contributed by atoms with Gasteiger partial charge in [-0.05, 0) is 35.9 Å². The predicted molar refractivity (Wildman–Crippen MR) is 145 cm³/mol. The number of sulfonamides is 1. The summed E-state index contributed by atoms with van der Waals surface area (Å²) in [7, 11) is -7.20. The van der Waals surface area contributed by atoms with E-state index in [9.17, 15) is 21.6 Å². The molecule has 3 aromatic carbocycles. The molecule has 3 aromatic rings. The van der Waals surface area contributed by atoms with Gasteiger partial charge in [-0.15, -0.1) is 0 Å². The lowest BCUT2D eigenvalue weighted by atomic mass is 10.1. The van der Waals surface area contributed by atoms with Gasteiger partial charge in [-0.25, -0.2) is 26.8 Å². The van der Waals surface area contributed by atoms with Gasteiger partial charge < -0.3 is 15.8 Å². The highest BCUT2D eigenvalue weighted by atomic mass is 32.2. The van der Waals surface area contributed by atoms with E-state index in [4.69, 9.17) is 21.0 Å². The molecule has 7 N–H and O–H groups in total. The summed E-state index contributed by atoms with van der Waals surface area (Å²) in [6, 6.07) is 19.4. The van der Waals surface area contributed by atoms with Crippen LogP contribution in [0.15, 0.2) is 77.7 Å². The molecule has 4 rings (SSSR count). The van der Waals surface area contributed by atoms with E-state index >= 15 is 0 Å². The van der Waals surface area contributed by atoms with Crippen LogP contribution in [0.5, 0.6) is 0 Å². The first kappa shape index (κ1) is 27.1. The lowest BCUT2D eigenvalue weighted by Gasteiger charge is -2.37. The van der Waals surface area contributed by atoms with Gasteiger partial charge in [-0.3, -0.25) is 10.7 Å². The van der Waals surface area contributed by atoms with Crippen molar-refractivity contribution >= 4 is 43.2 Å². The number of nitrogens with one attached hydrogen (secondary N) is 3. The van der Waals surface area contributed by atoms with Crippen molar-refractivity contribution in [2.75, 3.05) is 22.1 Å². The molecule has 13 heteroatoms. The number of carbonyl (C=O) groups excluding carboxylic acids is 1. The lowest BCUT2D eigenvalue weighted by Crippen LogP contribution is -2.49. The van der Waals surface area contributed by atoms with E-state index < -0.39 is 31.7 Å². The molecule has 0 bridgehead atoms. The molecule has 38 heavy (non-hydrogen) atoms. The minimum absolute atomic E-state index is 0.0192. The number of hydrogen-bond acceptors (Lipinski definition) is 8. The Hall–Kier alpha value is -3.94. The van der Waals surface area contributed by atoms with Gasteiger partial charge in [0.05, 0.1) is 16.4 Å². The summed E-state index contributed by atoms with van der Waals surface area (Å²) in [6.07, 6.45) is -0.760. The lowest BCUT2D eigenvalue weighted by molar-refractivity contribution is 0.0341. The van der Waals surface area contributed by atoms with Crippen LogP contribution in [0.2, 0.25) is 0 Å². The van der Waals surface area contributed by atoms with Crippen molar-refractivity contribution in [3.8, 4) is 11.1 Å². The fraction of sp³-hybridized carbons (Fsp3) is 0.200. The van der Waals surface area contributed by atoms with E-state index in [1.165, 1.54) is 6.07 Å². The molecule has 0 aliphatic carbocycles. The predicted octanol–water partition coefficient (Wildman–Crippen LogP) is 2.85. The molecule has 1 fully saturated rings. The Morgan fingerprint density at radius 2 is 1.61 bits per heavy atom. The van der Waals surface area contributed by atoms with Crippen molar-refractivity contribution in [1.29, 1.82) is 5.41 Å². The summed E-state index contributed by atoms with van der Waals surface area (Å²) in [5, 5.41) is 18.7. The smallest absolute Gasteiger partial charge is 0.413 e. The third-order valence-electron chi connectivity index (χ3n) is 6.10. The molecular weight excluding hydrogens is 530 g/mol. The molecule has 1 aliphatic heterocycles. The summed E-state index contributed by atoms with van der Waals surface area (Å²) in [5.74, 6) is -0.474. The van der Waals surface area contributed by atoms with Crippen LogP contribution in [0.3, 0.4) is 0 Å². The normalized spacial score (nSPS) is 16.2. The van der Waals surface area contributed by atoms with Gasteiger partial charge in [0.15, 0.2) is 15.6 Å². The van der Waals surface area contributed by atoms with E-state index in [-0.39, 0.29) is 35.1 Å². The molecule has 0 radical (unpaired) electrons. The zero-order chi connectivity index (χ0) is 27.6. The number of primary sulfonamides is 1. The Kier molecular flexibility index (Phi) is 7.44. The van der Waals surface area contributed by atoms with Gasteiger partial charge in [-0.1, -0.05) is 42.5 Å². The van der Waals surface area contributed by atoms with Crippen molar-refractivity contribution in [3.63, 3.8) is 0 Å². The Balaban J connectivity index is 1.52. The molecule has 0 spiro atoms. The monoisotopic (exact) mass is 557 g/mol. The van der Waals surface area contributed by atoms with Crippen LogP contribution in [0.25, 0.3) is 11.1 Å². The highest BCUT2D eigenvalue weighted by Crippen LogP contribution is 2.31. The van der Waals surface area contributed by atoms with Gasteiger partial charge in [0.2, 0.25) is 10.0 Å². The number of amidine groups is 1. The molecule has 0 unspecified atom stereocenters. The Morgan fingerprint density at radius 1 is 0.947 bits per heavy atom. The quantitative estimate of drug-likeness (QED) is 0.166. The summed E-state index contributed by atoms with van der Waals surface area (Å²) < 4.78 is 53.7. The SMILES string of the molecule is N=C(N)c1cccc(NC2(OC(=O)Nc3ccc(-c4ccccc4S(N)(=O)=O)cc3)CCS(=O)(=O)CC2)c1. The van der Waals surface area contributed by atoms with Gasteiger partial charge in [0, 0.05) is 35.3 Å². The maximum absolute atomic E-state index is 12.9. The molecule has 1 saturated heterocycles. The Morgan fingerprint density at radius 3 is 2.24 bits per heavy atom. The number of sulfone groups is 1. The van der Waals surface area contributed by atoms with Crippen LogP contribution >= 0.6 is 0 Å². The first-order chi connectivity index (χ1) is 17.9. The van der Waals surface area contributed by atoms with Gasteiger partial charge in [-0.2, -0.15) is 0 Å². The zero-order valence-corrected chi connectivity index (χ0v) is 21.8. The van der Waals surface area contributed by atoms with E-state index in [0.29, 0.717) is 28.1 Å². The highest BCUT2D eigenvalue weighted by Gasteiger charge is 2.41. The molecular formula is C25H27N5O6S2. The highest BCUT2D eigenvalue weighted by molar-refractivity contribution is 7.91. The summed E-state index contributed by atoms with van der Waals surface area (Å²) in [4.78, 5) is 12.9. The van der Waals surface area contributed by atoms with Crippen molar-refractivity contribution in [1.82, 2.24) is 0 Å². The first-order valence-corrected chi connectivity index (χ1v) is 14.9. The molecule has 11 nitrogen and oxygen atoms in total.